The lowest BCUT2D eigenvalue weighted by Crippen LogP contribution is -2.40. The Morgan fingerprint density at radius 1 is 1.38 bits per heavy atom. The minimum Gasteiger partial charge on any atom is -0.338 e. The van der Waals surface area contributed by atoms with Gasteiger partial charge in [0.05, 0.1) is 6.04 Å². The van der Waals surface area contributed by atoms with Gasteiger partial charge >= 0.3 is 6.03 Å². The zero-order chi connectivity index (χ0) is 16.9. The molecule has 1 aromatic heterocycles. The van der Waals surface area contributed by atoms with Crippen LogP contribution in [0.2, 0.25) is 5.02 Å². The molecule has 4 nitrogen and oxygen atoms in total. The van der Waals surface area contributed by atoms with Crippen LogP contribution in [0.5, 0.6) is 0 Å². The maximum atomic E-state index is 12.2. The van der Waals surface area contributed by atoms with Crippen LogP contribution >= 0.6 is 11.6 Å². The number of hydrogen-bond acceptors (Lipinski definition) is 2. The molecule has 0 radical (unpaired) electrons. The average Bonchev–Trinajstić information content (AvgIpc) is 2.57. The fourth-order valence-corrected chi connectivity index (χ4v) is 3.38. The number of benzene rings is 1. The molecule has 1 aromatic carbocycles. The van der Waals surface area contributed by atoms with Crippen LogP contribution in [0.25, 0.3) is 0 Å². The molecule has 1 atom stereocenters. The second-order valence-electron chi connectivity index (χ2n) is 6.21. The van der Waals surface area contributed by atoms with Gasteiger partial charge in [-0.2, -0.15) is 0 Å². The molecule has 0 aliphatic heterocycles. The minimum absolute atomic E-state index is 0.0315. The molecule has 2 amide bonds. The Balaban J connectivity index is 1.55. The third kappa shape index (κ3) is 4.06. The normalized spacial score (nSPS) is 16.3. The van der Waals surface area contributed by atoms with Crippen molar-refractivity contribution in [2.24, 2.45) is 0 Å². The molecule has 1 heterocycles. The van der Waals surface area contributed by atoms with E-state index in [1.807, 2.05) is 31.2 Å². The molecular formula is C19H22ClN3O. The van der Waals surface area contributed by atoms with E-state index >= 15 is 0 Å². The van der Waals surface area contributed by atoms with Crippen molar-refractivity contribution in [1.29, 1.82) is 0 Å². The molecule has 24 heavy (non-hydrogen) atoms. The maximum Gasteiger partial charge on any atom is 0.315 e. The molecule has 0 bridgehead atoms. The number of aromatic nitrogens is 1. The summed E-state index contributed by atoms with van der Waals surface area (Å²) in [5.74, 6) is 0. The lowest BCUT2D eigenvalue weighted by Gasteiger charge is -2.26. The number of urea groups is 1. The van der Waals surface area contributed by atoms with E-state index in [1.165, 1.54) is 5.56 Å². The summed E-state index contributed by atoms with van der Waals surface area (Å²) < 4.78 is 0. The molecule has 0 unspecified atom stereocenters. The standard InChI is InChI=1S/C19H22ClN3O/c1-13-4-3-10-21-17(13)9-11-22-19(24)23-18-6-2-5-14-7-8-15(20)12-16(14)18/h3-4,7-8,10,12,18H,2,5-6,9,11H2,1H3,(H2,22,23,24)/t18-/m1/s1. The lowest BCUT2D eigenvalue weighted by molar-refractivity contribution is 0.235. The highest BCUT2D eigenvalue weighted by Crippen LogP contribution is 2.31. The van der Waals surface area contributed by atoms with Crippen LogP contribution in [0, 0.1) is 6.92 Å². The number of hydrogen-bond donors (Lipinski definition) is 2. The van der Waals surface area contributed by atoms with E-state index in [0.717, 1.165) is 42.5 Å². The number of carbonyl (C=O) groups excluding carboxylic acids is 1. The van der Waals surface area contributed by atoms with Crippen LogP contribution < -0.4 is 10.6 Å². The van der Waals surface area contributed by atoms with Crippen LogP contribution in [0.4, 0.5) is 4.79 Å². The van der Waals surface area contributed by atoms with Gasteiger partial charge < -0.3 is 10.6 Å². The largest absolute Gasteiger partial charge is 0.338 e. The predicted molar refractivity (Wildman–Crippen MR) is 96.3 cm³/mol. The number of pyridine rings is 1. The maximum absolute atomic E-state index is 12.2. The molecule has 0 spiro atoms. The van der Waals surface area contributed by atoms with Gasteiger partial charge in [0.15, 0.2) is 0 Å². The van der Waals surface area contributed by atoms with Crippen molar-refractivity contribution in [3.8, 4) is 0 Å². The van der Waals surface area contributed by atoms with Gasteiger partial charge in [-0.05, 0) is 61.1 Å². The first kappa shape index (κ1) is 16.8. The van der Waals surface area contributed by atoms with Crippen molar-refractivity contribution in [3.05, 3.63) is 63.9 Å². The van der Waals surface area contributed by atoms with E-state index in [9.17, 15) is 4.79 Å². The quantitative estimate of drug-likeness (QED) is 0.882. The van der Waals surface area contributed by atoms with E-state index < -0.39 is 0 Å². The van der Waals surface area contributed by atoms with E-state index in [2.05, 4.69) is 21.7 Å². The first-order chi connectivity index (χ1) is 11.6. The van der Waals surface area contributed by atoms with Crippen molar-refractivity contribution >= 4 is 17.6 Å². The molecule has 2 N–H and O–H groups in total. The Morgan fingerprint density at radius 2 is 2.25 bits per heavy atom. The summed E-state index contributed by atoms with van der Waals surface area (Å²) >= 11 is 6.11. The van der Waals surface area contributed by atoms with Crippen molar-refractivity contribution in [2.45, 2.75) is 38.6 Å². The number of rotatable bonds is 4. The number of nitrogens with zero attached hydrogens (tertiary/aromatic N) is 1. The van der Waals surface area contributed by atoms with Gasteiger partial charge in [0.1, 0.15) is 0 Å². The van der Waals surface area contributed by atoms with Crippen molar-refractivity contribution in [1.82, 2.24) is 15.6 Å². The van der Waals surface area contributed by atoms with Crippen LogP contribution in [0.15, 0.2) is 36.5 Å². The van der Waals surface area contributed by atoms with Crippen molar-refractivity contribution in [2.75, 3.05) is 6.54 Å². The first-order valence-electron chi connectivity index (χ1n) is 8.36. The predicted octanol–water partition coefficient (Wildman–Crippen LogP) is 3.96. The van der Waals surface area contributed by atoms with Gasteiger partial charge in [0.2, 0.25) is 0 Å². The molecule has 2 aromatic rings. The second-order valence-corrected chi connectivity index (χ2v) is 6.64. The highest BCUT2D eigenvalue weighted by atomic mass is 35.5. The Bertz CT molecular complexity index is 732. The third-order valence-electron chi connectivity index (χ3n) is 4.49. The number of fused-ring (bicyclic) bond motifs is 1. The number of carbonyl (C=O) groups is 1. The number of amides is 2. The Kier molecular flexibility index (Phi) is 5.36. The van der Waals surface area contributed by atoms with Crippen molar-refractivity contribution in [3.63, 3.8) is 0 Å². The molecule has 126 valence electrons. The summed E-state index contributed by atoms with van der Waals surface area (Å²) in [5.41, 5.74) is 4.59. The number of aryl methyl sites for hydroxylation is 2. The summed E-state index contributed by atoms with van der Waals surface area (Å²) in [5, 5.41) is 6.72. The van der Waals surface area contributed by atoms with Gasteiger partial charge in [-0.3, -0.25) is 4.98 Å². The highest BCUT2D eigenvalue weighted by molar-refractivity contribution is 6.30. The van der Waals surface area contributed by atoms with Gasteiger partial charge in [-0.1, -0.05) is 23.7 Å². The zero-order valence-electron chi connectivity index (χ0n) is 13.8. The molecule has 0 saturated heterocycles. The molecular weight excluding hydrogens is 322 g/mol. The summed E-state index contributed by atoms with van der Waals surface area (Å²) in [6.07, 6.45) is 5.58. The van der Waals surface area contributed by atoms with Crippen LogP contribution in [-0.4, -0.2) is 17.6 Å². The Morgan fingerprint density at radius 3 is 3.08 bits per heavy atom. The van der Waals surface area contributed by atoms with Gasteiger partial charge in [0, 0.05) is 29.9 Å². The first-order valence-corrected chi connectivity index (χ1v) is 8.74. The van der Waals surface area contributed by atoms with Crippen LogP contribution in [-0.2, 0) is 12.8 Å². The third-order valence-corrected chi connectivity index (χ3v) is 4.73. The van der Waals surface area contributed by atoms with Crippen LogP contribution in [0.3, 0.4) is 0 Å². The fraction of sp³-hybridized carbons (Fsp3) is 0.368. The minimum atomic E-state index is -0.138. The number of halogens is 1. The monoisotopic (exact) mass is 343 g/mol. The highest BCUT2D eigenvalue weighted by Gasteiger charge is 2.21. The molecule has 5 heteroatoms. The smallest absolute Gasteiger partial charge is 0.315 e. The van der Waals surface area contributed by atoms with Gasteiger partial charge in [0.25, 0.3) is 0 Å². The summed E-state index contributed by atoms with van der Waals surface area (Å²) in [6.45, 7) is 2.60. The zero-order valence-corrected chi connectivity index (χ0v) is 14.6. The molecule has 3 rings (SSSR count). The van der Waals surface area contributed by atoms with Gasteiger partial charge in [-0.25, -0.2) is 4.79 Å². The van der Waals surface area contributed by atoms with E-state index in [4.69, 9.17) is 11.6 Å². The lowest BCUT2D eigenvalue weighted by atomic mass is 9.88. The summed E-state index contributed by atoms with van der Waals surface area (Å²) in [4.78, 5) is 16.5. The summed E-state index contributed by atoms with van der Waals surface area (Å²) in [6, 6.07) is 9.80. The van der Waals surface area contributed by atoms with E-state index in [1.54, 1.807) is 6.20 Å². The fourth-order valence-electron chi connectivity index (χ4n) is 3.20. The van der Waals surface area contributed by atoms with Crippen molar-refractivity contribution < 1.29 is 4.79 Å². The van der Waals surface area contributed by atoms with Crippen LogP contribution in [0.1, 0.15) is 41.3 Å². The summed E-state index contributed by atoms with van der Waals surface area (Å²) in [7, 11) is 0. The second kappa shape index (κ2) is 7.67. The Hall–Kier alpha value is -2.07. The average molecular weight is 344 g/mol. The van der Waals surface area contributed by atoms with E-state index in [0.29, 0.717) is 11.6 Å². The molecule has 0 saturated carbocycles. The Labute approximate surface area is 147 Å². The number of nitrogens with one attached hydrogen (secondary N) is 2. The molecule has 1 aliphatic rings. The molecule has 1 aliphatic carbocycles. The topological polar surface area (TPSA) is 54.0 Å². The SMILES string of the molecule is Cc1cccnc1CCNC(=O)N[C@@H]1CCCc2ccc(Cl)cc21. The molecule has 0 fully saturated rings. The van der Waals surface area contributed by atoms with E-state index in [-0.39, 0.29) is 12.1 Å². The van der Waals surface area contributed by atoms with Gasteiger partial charge in [-0.15, -0.1) is 0 Å².